The van der Waals surface area contributed by atoms with Gasteiger partial charge in [-0.2, -0.15) is 0 Å². The zero-order valence-electron chi connectivity index (χ0n) is 11.9. The Morgan fingerprint density at radius 3 is 2.74 bits per heavy atom. The molecule has 0 bridgehead atoms. The van der Waals surface area contributed by atoms with E-state index in [0.717, 1.165) is 16.6 Å². The van der Waals surface area contributed by atoms with Crippen LogP contribution in [0.15, 0.2) is 18.2 Å². The average molecular weight is 274 g/mol. The van der Waals surface area contributed by atoms with Gasteiger partial charge in [0.05, 0.1) is 11.0 Å². The molecule has 1 saturated carbocycles. The highest BCUT2D eigenvalue weighted by atomic mass is 32.1. The molecule has 0 spiro atoms. The molecule has 1 aromatic carbocycles. The van der Waals surface area contributed by atoms with E-state index in [4.69, 9.17) is 12.2 Å². The fourth-order valence-electron chi connectivity index (χ4n) is 3.35. The van der Waals surface area contributed by atoms with Crippen molar-refractivity contribution in [2.24, 2.45) is 11.8 Å². The number of aromatic amines is 1. The molecule has 3 unspecified atom stereocenters. The molecular formula is C16H22N2S. The van der Waals surface area contributed by atoms with E-state index in [2.05, 4.69) is 48.5 Å². The SMILES string of the molecule is Cc1ccc2[nH]c(=S)n(C3CCC(C)C(C)C3)c2c1. The highest BCUT2D eigenvalue weighted by molar-refractivity contribution is 7.71. The Bertz CT molecular complexity index is 652. The molecule has 1 heterocycles. The van der Waals surface area contributed by atoms with Gasteiger partial charge in [0.15, 0.2) is 4.77 Å². The molecule has 3 heteroatoms. The summed E-state index contributed by atoms with van der Waals surface area (Å²) in [6.07, 6.45) is 3.81. The van der Waals surface area contributed by atoms with Gasteiger partial charge in [-0.3, -0.25) is 0 Å². The van der Waals surface area contributed by atoms with Crippen LogP contribution in [0.4, 0.5) is 0 Å². The first-order valence-corrected chi connectivity index (χ1v) is 7.68. The van der Waals surface area contributed by atoms with E-state index in [-0.39, 0.29) is 0 Å². The monoisotopic (exact) mass is 274 g/mol. The molecular weight excluding hydrogens is 252 g/mol. The number of nitrogens with zero attached hydrogens (tertiary/aromatic N) is 1. The Labute approximate surface area is 119 Å². The van der Waals surface area contributed by atoms with Crippen LogP contribution in [0.2, 0.25) is 0 Å². The topological polar surface area (TPSA) is 20.7 Å². The Kier molecular flexibility index (Phi) is 3.25. The first-order valence-electron chi connectivity index (χ1n) is 7.27. The van der Waals surface area contributed by atoms with E-state index in [0.29, 0.717) is 6.04 Å². The normalized spacial score (nSPS) is 27.8. The van der Waals surface area contributed by atoms with Crippen molar-refractivity contribution < 1.29 is 0 Å². The van der Waals surface area contributed by atoms with Crippen LogP contribution < -0.4 is 0 Å². The highest BCUT2D eigenvalue weighted by Crippen LogP contribution is 2.37. The Morgan fingerprint density at radius 2 is 2.00 bits per heavy atom. The molecule has 2 aromatic rings. The van der Waals surface area contributed by atoms with E-state index in [1.54, 1.807) is 0 Å². The largest absolute Gasteiger partial charge is 0.331 e. The molecule has 1 fully saturated rings. The second kappa shape index (κ2) is 4.78. The maximum absolute atomic E-state index is 5.55. The van der Waals surface area contributed by atoms with Gasteiger partial charge in [-0.25, -0.2) is 0 Å². The Balaban J connectivity index is 2.07. The van der Waals surface area contributed by atoms with Crippen molar-refractivity contribution in [1.82, 2.24) is 9.55 Å². The zero-order chi connectivity index (χ0) is 13.6. The van der Waals surface area contributed by atoms with Gasteiger partial charge >= 0.3 is 0 Å². The van der Waals surface area contributed by atoms with Crippen molar-refractivity contribution in [1.29, 1.82) is 0 Å². The van der Waals surface area contributed by atoms with Crippen LogP contribution in [-0.4, -0.2) is 9.55 Å². The molecule has 0 aliphatic heterocycles. The summed E-state index contributed by atoms with van der Waals surface area (Å²) in [4.78, 5) is 3.36. The predicted molar refractivity (Wildman–Crippen MR) is 83.1 cm³/mol. The molecule has 1 N–H and O–H groups in total. The maximum atomic E-state index is 5.55. The molecule has 0 amide bonds. The van der Waals surface area contributed by atoms with E-state index in [1.165, 1.54) is 35.9 Å². The number of nitrogens with one attached hydrogen (secondary N) is 1. The fraction of sp³-hybridized carbons (Fsp3) is 0.562. The van der Waals surface area contributed by atoms with Gasteiger partial charge in [-0.1, -0.05) is 19.9 Å². The summed E-state index contributed by atoms with van der Waals surface area (Å²) in [6, 6.07) is 7.11. The molecule has 19 heavy (non-hydrogen) atoms. The lowest BCUT2D eigenvalue weighted by atomic mass is 9.79. The lowest BCUT2D eigenvalue weighted by molar-refractivity contribution is 0.212. The molecule has 0 saturated heterocycles. The van der Waals surface area contributed by atoms with Gasteiger partial charge in [0.1, 0.15) is 0 Å². The van der Waals surface area contributed by atoms with Crippen LogP contribution in [0, 0.1) is 23.5 Å². The van der Waals surface area contributed by atoms with Crippen LogP contribution >= 0.6 is 12.2 Å². The molecule has 2 nitrogen and oxygen atoms in total. The van der Waals surface area contributed by atoms with Gasteiger partial charge < -0.3 is 9.55 Å². The fourth-order valence-corrected chi connectivity index (χ4v) is 3.71. The van der Waals surface area contributed by atoms with Gasteiger partial charge in [-0.05, 0) is 67.9 Å². The highest BCUT2D eigenvalue weighted by Gasteiger charge is 2.26. The van der Waals surface area contributed by atoms with Crippen molar-refractivity contribution in [3.63, 3.8) is 0 Å². The lowest BCUT2D eigenvalue weighted by Crippen LogP contribution is -2.23. The minimum Gasteiger partial charge on any atom is -0.331 e. The summed E-state index contributed by atoms with van der Waals surface area (Å²) >= 11 is 5.55. The van der Waals surface area contributed by atoms with Crippen LogP contribution in [-0.2, 0) is 0 Å². The van der Waals surface area contributed by atoms with Crippen LogP contribution in [0.25, 0.3) is 11.0 Å². The maximum Gasteiger partial charge on any atom is 0.178 e. The van der Waals surface area contributed by atoms with Gasteiger partial charge in [0.25, 0.3) is 0 Å². The number of fused-ring (bicyclic) bond motifs is 1. The minimum atomic E-state index is 0.564. The number of imidazole rings is 1. The van der Waals surface area contributed by atoms with Crippen LogP contribution in [0.5, 0.6) is 0 Å². The molecule has 3 rings (SSSR count). The summed E-state index contributed by atoms with van der Waals surface area (Å²) in [7, 11) is 0. The summed E-state index contributed by atoms with van der Waals surface area (Å²) in [6.45, 7) is 6.89. The van der Waals surface area contributed by atoms with E-state index in [1.807, 2.05) is 0 Å². The summed E-state index contributed by atoms with van der Waals surface area (Å²) in [5, 5.41) is 0. The molecule has 1 aromatic heterocycles. The Hall–Kier alpha value is -1.09. The first kappa shape index (κ1) is 12.9. The van der Waals surface area contributed by atoms with E-state index < -0.39 is 0 Å². The van der Waals surface area contributed by atoms with Gasteiger partial charge in [-0.15, -0.1) is 0 Å². The number of rotatable bonds is 1. The standard InChI is InChI=1S/C16H22N2S/c1-10-4-7-14-15(8-10)18(16(19)17-14)13-6-5-11(2)12(3)9-13/h4,7-8,11-13H,5-6,9H2,1-3H3,(H,17,19). The molecule has 1 aliphatic rings. The van der Waals surface area contributed by atoms with Crippen molar-refractivity contribution in [3.8, 4) is 0 Å². The van der Waals surface area contributed by atoms with E-state index >= 15 is 0 Å². The molecule has 1 aliphatic carbocycles. The van der Waals surface area contributed by atoms with Crippen LogP contribution in [0.1, 0.15) is 44.7 Å². The second-order valence-electron chi connectivity index (χ2n) is 6.24. The van der Waals surface area contributed by atoms with Crippen molar-refractivity contribution in [3.05, 3.63) is 28.5 Å². The Morgan fingerprint density at radius 1 is 1.21 bits per heavy atom. The van der Waals surface area contributed by atoms with Crippen molar-refractivity contribution >= 4 is 23.3 Å². The number of H-pyrrole nitrogens is 1. The predicted octanol–water partition coefficient (Wildman–Crippen LogP) is 5.00. The van der Waals surface area contributed by atoms with Crippen LogP contribution in [0.3, 0.4) is 0 Å². The molecule has 0 radical (unpaired) electrons. The van der Waals surface area contributed by atoms with E-state index in [9.17, 15) is 0 Å². The first-order chi connectivity index (χ1) is 9.06. The molecule has 102 valence electrons. The number of hydrogen-bond donors (Lipinski definition) is 1. The van der Waals surface area contributed by atoms with Crippen molar-refractivity contribution in [2.75, 3.05) is 0 Å². The third kappa shape index (κ3) is 2.25. The average Bonchev–Trinajstić information content (AvgIpc) is 2.68. The van der Waals surface area contributed by atoms with Gasteiger partial charge in [0.2, 0.25) is 0 Å². The number of aromatic nitrogens is 2. The third-order valence-electron chi connectivity index (χ3n) is 4.81. The summed E-state index contributed by atoms with van der Waals surface area (Å²) in [5.41, 5.74) is 3.74. The third-order valence-corrected chi connectivity index (χ3v) is 5.11. The second-order valence-corrected chi connectivity index (χ2v) is 6.63. The smallest absolute Gasteiger partial charge is 0.178 e. The quantitative estimate of drug-likeness (QED) is 0.725. The van der Waals surface area contributed by atoms with Gasteiger partial charge in [0, 0.05) is 6.04 Å². The molecule has 3 atom stereocenters. The number of hydrogen-bond acceptors (Lipinski definition) is 1. The zero-order valence-corrected chi connectivity index (χ0v) is 12.8. The number of benzene rings is 1. The lowest BCUT2D eigenvalue weighted by Gasteiger charge is -2.33. The summed E-state index contributed by atoms with van der Waals surface area (Å²) < 4.78 is 3.24. The summed E-state index contributed by atoms with van der Waals surface area (Å²) in [5.74, 6) is 1.63. The van der Waals surface area contributed by atoms with Crippen molar-refractivity contribution in [2.45, 2.75) is 46.1 Å². The minimum absolute atomic E-state index is 0.564. The number of aryl methyl sites for hydroxylation is 1.